The van der Waals surface area contributed by atoms with Crippen LogP contribution in [0.15, 0.2) is 48.5 Å². The lowest BCUT2D eigenvalue weighted by Crippen LogP contribution is -2.15. The molecule has 0 bridgehead atoms. The standard InChI is InChI=1S/C21H15ClN4OS/c1-26(2)19-10-14(13-5-3-4-6-16(13)24-19)20(27)15(11-23)21-25-17-9-12(22)7-8-18(17)28-21/h3-10,15H,1-2H3/t15-/m1/s1. The van der Waals surface area contributed by atoms with Crippen LogP contribution in [0.4, 0.5) is 5.82 Å². The highest BCUT2D eigenvalue weighted by Gasteiger charge is 2.27. The first-order valence-corrected chi connectivity index (χ1v) is 9.74. The van der Waals surface area contributed by atoms with Gasteiger partial charge in [0.05, 0.1) is 21.8 Å². The van der Waals surface area contributed by atoms with E-state index in [1.807, 2.05) is 49.3 Å². The van der Waals surface area contributed by atoms with E-state index in [0.29, 0.717) is 32.4 Å². The summed E-state index contributed by atoms with van der Waals surface area (Å²) in [6.07, 6.45) is 0. The number of hydrogen-bond donors (Lipinski definition) is 0. The fraction of sp³-hybridized carbons (Fsp3) is 0.143. The van der Waals surface area contributed by atoms with E-state index in [4.69, 9.17) is 11.6 Å². The van der Waals surface area contributed by atoms with Crippen molar-refractivity contribution in [2.75, 3.05) is 19.0 Å². The topological polar surface area (TPSA) is 69.9 Å². The summed E-state index contributed by atoms with van der Waals surface area (Å²) in [4.78, 5) is 24.3. The van der Waals surface area contributed by atoms with Gasteiger partial charge in [-0.05, 0) is 30.3 Å². The van der Waals surface area contributed by atoms with E-state index in [2.05, 4.69) is 16.0 Å². The molecule has 7 heteroatoms. The summed E-state index contributed by atoms with van der Waals surface area (Å²) in [5.74, 6) is -0.610. The molecule has 28 heavy (non-hydrogen) atoms. The lowest BCUT2D eigenvalue weighted by atomic mass is 9.96. The maximum absolute atomic E-state index is 13.4. The lowest BCUT2D eigenvalue weighted by molar-refractivity contribution is 0.0980. The van der Waals surface area contributed by atoms with Gasteiger partial charge in [-0.25, -0.2) is 9.97 Å². The first-order valence-electron chi connectivity index (χ1n) is 8.55. The number of pyridine rings is 1. The third-order valence-corrected chi connectivity index (χ3v) is 5.77. The maximum atomic E-state index is 13.4. The number of carbonyl (C=O) groups excluding carboxylic acids is 1. The number of rotatable bonds is 4. The molecule has 2 aromatic heterocycles. The fourth-order valence-electron chi connectivity index (χ4n) is 3.02. The van der Waals surface area contributed by atoms with Gasteiger partial charge in [-0.3, -0.25) is 4.79 Å². The fourth-order valence-corrected chi connectivity index (χ4v) is 4.18. The molecule has 2 aromatic carbocycles. The minimum atomic E-state index is -0.989. The third-order valence-electron chi connectivity index (χ3n) is 4.43. The second kappa shape index (κ2) is 7.19. The summed E-state index contributed by atoms with van der Waals surface area (Å²) in [5, 5.41) is 11.5. The number of nitriles is 1. The highest BCUT2D eigenvalue weighted by atomic mass is 35.5. The Morgan fingerprint density at radius 2 is 1.93 bits per heavy atom. The zero-order chi connectivity index (χ0) is 19.8. The number of Topliss-reactive ketones (excluding diaryl/α,β-unsaturated/α-hetero) is 1. The molecule has 2 heterocycles. The van der Waals surface area contributed by atoms with E-state index >= 15 is 0 Å². The summed E-state index contributed by atoms with van der Waals surface area (Å²) in [6, 6.07) is 16.7. The van der Waals surface area contributed by atoms with Crippen LogP contribution in [-0.4, -0.2) is 29.8 Å². The number of halogens is 1. The molecule has 1 atom stereocenters. The number of nitrogens with zero attached hydrogens (tertiary/aromatic N) is 4. The van der Waals surface area contributed by atoms with Crippen molar-refractivity contribution in [2.45, 2.75) is 5.92 Å². The van der Waals surface area contributed by atoms with Gasteiger partial charge in [0.15, 0.2) is 11.7 Å². The molecular weight excluding hydrogens is 392 g/mol. The van der Waals surface area contributed by atoms with Crippen molar-refractivity contribution in [1.29, 1.82) is 5.26 Å². The van der Waals surface area contributed by atoms with E-state index < -0.39 is 5.92 Å². The number of thiazole rings is 1. The minimum absolute atomic E-state index is 0.283. The SMILES string of the molecule is CN(C)c1cc(C(=O)[C@@H](C#N)c2nc3cc(Cl)ccc3s2)c2ccccc2n1. The molecule has 0 aliphatic rings. The molecule has 0 N–H and O–H groups in total. The summed E-state index contributed by atoms with van der Waals surface area (Å²) >= 11 is 7.37. The summed E-state index contributed by atoms with van der Waals surface area (Å²) < 4.78 is 0.890. The van der Waals surface area contributed by atoms with Gasteiger partial charge >= 0.3 is 0 Å². The number of para-hydroxylation sites is 1. The molecule has 4 aromatic rings. The largest absolute Gasteiger partial charge is 0.363 e. The summed E-state index contributed by atoms with van der Waals surface area (Å²) in [6.45, 7) is 0. The van der Waals surface area contributed by atoms with Crippen LogP contribution in [0.5, 0.6) is 0 Å². The van der Waals surface area contributed by atoms with Gasteiger partial charge in [0.1, 0.15) is 10.8 Å². The highest BCUT2D eigenvalue weighted by Crippen LogP contribution is 2.33. The molecule has 0 fully saturated rings. The Hall–Kier alpha value is -3.01. The Balaban J connectivity index is 1.85. The quantitative estimate of drug-likeness (QED) is 0.443. The van der Waals surface area contributed by atoms with Crippen molar-refractivity contribution in [3.8, 4) is 6.07 Å². The normalized spacial score (nSPS) is 12.1. The first kappa shape index (κ1) is 18.4. The summed E-state index contributed by atoms with van der Waals surface area (Å²) in [5.41, 5.74) is 1.87. The molecule has 0 aliphatic heterocycles. The van der Waals surface area contributed by atoms with Crippen molar-refractivity contribution < 1.29 is 4.79 Å². The van der Waals surface area contributed by atoms with E-state index in [9.17, 15) is 10.1 Å². The van der Waals surface area contributed by atoms with Crippen LogP contribution in [0.3, 0.4) is 0 Å². The number of anilines is 1. The molecule has 4 rings (SSSR count). The van der Waals surface area contributed by atoms with Crippen LogP contribution in [0, 0.1) is 11.3 Å². The molecule has 0 amide bonds. The Morgan fingerprint density at radius 1 is 1.14 bits per heavy atom. The van der Waals surface area contributed by atoms with Gasteiger partial charge in [-0.2, -0.15) is 5.26 Å². The number of aromatic nitrogens is 2. The smallest absolute Gasteiger partial charge is 0.187 e. The first-order chi connectivity index (χ1) is 13.5. The van der Waals surface area contributed by atoms with Crippen molar-refractivity contribution in [3.05, 3.63) is 64.1 Å². The van der Waals surface area contributed by atoms with Crippen molar-refractivity contribution >= 4 is 55.7 Å². The van der Waals surface area contributed by atoms with E-state index in [0.717, 1.165) is 10.1 Å². The number of benzene rings is 2. The molecule has 0 spiro atoms. The van der Waals surface area contributed by atoms with Gasteiger partial charge in [0.2, 0.25) is 0 Å². The average Bonchev–Trinajstić information content (AvgIpc) is 3.10. The van der Waals surface area contributed by atoms with Gasteiger partial charge in [0, 0.05) is 30.1 Å². The number of ketones is 1. The Labute approximate surface area is 170 Å². The van der Waals surface area contributed by atoms with Crippen molar-refractivity contribution in [3.63, 3.8) is 0 Å². The molecule has 0 unspecified atom stereocenters. The molecule has 0 aliphatic carbocycles. The predicted octanol–water partition coefficient (Wildman–Crippen LogP) is 5.05. The molecule has 0 saturated heterocycles. The van der Waals surface area contributed by atoms with Gasteiger partial charge in [-0.15, -0.1) is 11.3 Å². The van der Waals surface area contributed by atoms with Gasteiger partial charge in [0.25, 0.3) is 0 Å². The average molecular weight is 407 g/mol. The van der Waals surface area contributed by atoms with Crippen molar-refractivity contribution in [2.24, 2.45) is 0 Å². The zero-order valence-electron chi connectivity index (χ0n) is 15.2. The Kier molecular flexibility index (Phi) is 4.71. The van der Waals surface area contributed by atoms with Gasteiger partial charge < -0.3 is 4.90 Å². The van der Waals surface area contributed by atoms with Crippen LogP contribution in [0.25, 0.3) is 21.1 Å². The van der Waals surface area contributed by atoms with Crippen molar-refractivity contribution in [1.82, 2.24) is 9.97 Å². The van der Waals surface area contributed by atoms with E-state index in [1.165, 1.54) is 11.3 Å². The number of fused-ring (bicyclic) bond motifs is 2. The molecule has 138 valence electrons. The Bertz CT molecular complexity index is 1260. The van der Waals surface area contributed by atoms with Gasteiger partial charge in [-0.1, -0.05) is 29.8 Å². The Morgan fingerprint density at radius 3 is 2.68 bits per heavy atom. The van der Waals surface area contributed by atoms with Crippen LogP contribution >= 0.6 is 22.9 Å². The second-order valence-corrected chi connectivity index (χ2v) is 8.03. The predicted molar refractivity (Wildman–Crippen MR) is 113 cm³/mol. The lowest BCUT2D eigenvalue weighted by Gasteiger charge is -2.15. The van der Waals surface area contributed by atoms with Crippen LogP contribution in [-0.2, 0) is 0 Å². The minimum Gasteiger partial charge on any atom is -0.363 e. The van der Waals surface area contributed by atoms with E-state index in [-0.39, 0.29) is 5.78 Å². The third kappa shape index (κ3) is 3.19. The molecular formula is C21H15ClN4OS. The second-order valence-electron chi connectivity index (χ2n) is 6.53. The highest BCUT2D eigenvalue weighted by molar-refractivity contribution is 7.18. The van der Waals surface area contributed by atoms with Crippen LogP contribution in [0.2, 0.25) is 5.02 Å². The van der Waals surface area contributed by atoms with Crippen LogP contribution in [0.1, 0.15) is 21.3 Å². The molecule has 5 nitrogen and oxygen atoms in total. The van der Waals surface area contributed by atoms with Crippen LogP contribution < -0.4 is 4.90 Å². The molecule has 0 saturated carbocycles. The molecule has 0 radical (unpaired) electrons. The zero-order valence-corrected chi connectivity index (χ0v) is 16.8. The number of carbonyl (C=O) groups is 1. The van der Waals surface area contributed by atoms with E-state index in [1.54, 1.807) is 18.2 Å². The summed E-state index contributed by atoms with van der Waals surface area (Å²) in [7, 11) is 3.73. The monoisotopic (exact) mass is 406 g/mol. The maximum Gasteiger partial charge on any atom is 0.187 e. The number of hydrogen-bond acceptors (Lipinski definition) is 6.